The van der Waals surface area contributed by atoms with Gasteiger partial charge in [0.1, 0.15) is 11.6 Å². The van der Waals surface area contributed by atoms with E-state index in [1.807, 2.05) is 14.1 Å². The molecule has 13 heteroatoms. The summed E-state index contributed by atoms with van der Waals surface area (Å²) in [6.07, 6.45) is 1.35. The van der Waals surface area contributed by atoms with Crippen LogP contribution in [0.3, 0.4) is 0 Å². The summed E-state index contributed by atoms with van der Waals surface area (Å²) in [5, 5.41) is 2.85. The molecular weight excluding hydrogens is 546 g/mol. The zero-order valence-electron chi connectivity index (χ0n) is 22.3. The summed E-state index contributed by atoms with van der Waals surface area (Å²) in [5.74, 6) is -1.42. The zero-order chi connectivity index (χ0) is 29.0. The lowest BCUT2D eigenvalue weighted by Gasteiger charge is -2.35. The number of aromatic nitrogens is 2. The van der Waals surface area contributed by atoms with Gasteiger partial charge in [-0.25, -0.2) is 13.8 Å². The first kappa shape index (κ1) is 29.0. The van der Waals surface area contributed by atoms with Crippen molar-refractivity contribution in [2.24, 2.45) is 7.05 Å². The predicted octanol–water partition coefficient (Wildman–Crippen LogP) is 3.28. The summed E-state index contributed by atoms with van der Waals surface area (Å²) >= 11 is 6.41. The molecule has 3 aromatic rings. The number of hydrogen-bond acceptors (Lipinski definition) is 6. The van der Waals surface area contributed by atoms with Crippen molar-refractivity contribution in [3.63, 3.8) is 0 Å². The Labute approximate surface area is 235 Å². The van der Waals surface area contributed by atoms with E-state index in [1.165, 1.54) is 35.0 Å². The van der Waals surface area contributed by atoms with Gasteiger partial charge in [0, 0.05) is 50.5 Å². The smallest absolute Gasteiger partial charge is 0.291 e. The number of likely N-dealkylation sites (N-methyl/N-ethyl adjacent to an activating group) is 1. The number of ether oxygens (including phenoxy) is 1. The number of nitrogens with one attached hydrogen (secondary N) is 1. The Bertz CT molecular complexity index is 1420. The number of piperazine rings is 1. The Kier molecular flexibility index (Phi) is 9.00. The number of nitrogens with zero attached hydrogens (tertiary/aromatic N) is 5. The number of carbonyl (C=O) groups excluding carboxylic acids is 3. The van der Waals surface area contributed by atoms with Crippen LogP contribution in [0.25, 0.3) is 11.3 Å². The summed E-state index contributed by atoms with van der Waals surface area (Å²) in [6.45, 7) is 0.892. The van der Waals surface area contributed by atoms with Crippen LogP contribution >= 0.6 is 11.6 Å². The maximum atomic E-state index is 14.6. The summed E-state index contributed by atoms with van der Waals surface area (Å²) in [4.78, 5) is 47.6. The predicted molar refractivity (Wildman–Crippen MR) is 146 cm³/mol. The number of imidazole rings is 1. The molecule has 1 N–H and O–H groups in total. The second-order valence-corrected chi connectivity index (χ2v) is 9.89. The maximum Gasteiger partial charge on any atom is 0.291 e. The first-order chi connectivity index (χ1) is 19.1. The van der Waals surface area contributed by atoms with Gasteiger partial charge in [0.15, 0.2) is 5.82 Å². The average molecular weight is 575 g/mol. The molecule has 40 heavy (non-hydrogen) atoms. The summed E-state index contributed by atoms with van der Waals surface area (Å²) in [7, 11) is 5.22. The molecule has 10 nitrogen and oxygen atoms in total. The topological polar surface area (TPSA) is 100 Å². The number of rotatable bonds is 8. The van der Waals surface area contributed by atoms with E-state index in [1.54, 1.807) is 27.8 Å². The van der Waals surface area contributed by atoms with Crippen molar-refractivity contribution < 1.29 is 27.9 Å². The number of alkyl halides is 1. The molecule has 2 heterocycles. The Morgan fingerprint density at radius 2 is 1.77 bits per heavy atom. The van der Waals surface area contributed by atoms with Crippen molar-refractivity contribution in [2.45, 2.75) is 0 Å². The van der Waals surface area contributed by atoms with Gasteiger partial charge in [-0.1, -0.05) is 11.6 Å². The highest BCUT2D eigenvalue weighted by Gasteiger charge is 2.26. The van der Waals surface area contributed by atoms with Crippen LogP contribution in [0.2, 0.25) is 5.02 Å². The number of hydrogen-bond donors (Lipinski definition) is 1. The van der Waals surface area contributed by atoms with Crippen molar-refractivity contribution in [1.29, 1.82) is 0 Å². The van der Waals surface area contributed by atoms with Crippen molar-refractivity contribution in [2.75, 3.05) is 59.0 Å². The molecule has 1 aliphatic rings. The van der Waals surface area contributed by atoms with Crippen LogP contribution in [0.15, 0.2) is 42.6 Å². The van der Waals surface area contributed by atoms with E-state index in [9.17, 15) is 23.2 Å². The number of benzene rings is 2. The van der Waals surface area contributed by atoms with E-state index in [0.717, 1.165) is 6.07 Å². The molecule has 0 saturated carbocycles. The quantitative estimate of drug-likeness (QED) is 0.443. The first-order valence-corrected chi connectivity index (χ1v) is 12.8. The monoisotopic (exact) mass is 574 g/mol. The molecule has 1 aromatic heterocycles. The van der Waals surface area contributed by atoms with E-state index < -0.39 is 18.6 Å². The van der Waals surface area contributed by atoms with Gasteiger partial charge in [-0.3, -0.25) is 14.4 Å². The van der Waals surface area contributed by atoms with Crippen molar-refractivity contribution in [3.05, 3.63) is 64.8 Å². The largest absolute Gasteiger partial charge is 0.463 e. The van der Waals surface area contributed by atoms with Crippen molar-refractivity contribution in [3.8, 4) is 17.0 Å². The van der Waals surface area contributed by atoms with Gasteiger partial charge in [0.25, 0.3) is 11.8 Å². The summed E-state index contributed by atoms with van der Waals surface area (Å²) < 4.78 is 33.0. The van der Waals surface area contributed by atoms with Crippen LogP contribution in [-0.2, 0) is 11.8 Å². The Morgan fingerprint density at radius 3 is 2.40 bits per heavy atom. The lowest BCUT2D eigenvalue weighted by Crippen LogP contribution is -2.52. The third-order valence-electron chi connectivity index (χ3n) is 6.46. The second-order valence-electron chi connectivity index (χ2n) is 9.48. The summed E-state index contributed by atoms with van der Waals surface area (Å²) in [5.41, 5.74) is 1.11. The van der Waals surface area contributed by atoms with Crippen LogP contribution in [-0.4, -0.2) is 95.7 Å². The Balaban J connectivity index is 1.41. The van der Waals surface area contributed by atoms with Gasteiger partial charge >= 0.3 is 0 Å². The lowest BCUT2D eigenvalue weighted by molar-refractivity contribution is -0.133. The molecule has 0 spiro atoms. The van der Waals surface area contributed by atoms with Crippen LogP contribution in [0.1, 0.15) is 21.0 Å². The fourth-order valence-electron chi connectivity index (χ4n) is 4.38. The fourth-order valence-corrected chi connectivity index (χ4v) is 4.64. The molecule has 1 aliphatic heterocycles. The van der Waals surface area contributed by atoms with Gasteiger partial charge in [-0.05, 0) is 44.4 Å². The molecule has 2 aromatic carbocycles. The number of halogens is 3. The Hall–Kier alpha value is -4.03. The molecule has 1 fully saturated rings. The molecule has 4 rings (SSSR count). The van der Waals surface area contributed by atoms with E-state index in [2.05, 4.69) is 15.0 Å². The van der Waals surface area contributed by atoms with Gasteiger partial charge in [-0.2, -0.15) is 0 Å². The van der Waals surface area contributed by atoms with Gasteiger partial charge in [0.05, 0.1) is 29.0 Å². The molecule has 1 saturated heterocycles. The molecule has 3 amide bonds. The second kappa shape index (κ2) is 12.4. The van der Waals surface area contributed by atoms with Gasteiger partial charge < -0.3 is 29.3 Å². The molecule has 0 unspecified atom stereocenters. The van der Waals surface area contributed by atoms with Crippen LogP contribution in [0.5, 0.6) is 5.75 Å². The van der Waals surface area contributed by atoms with E-state index >= 15 is 0 Å². The maximum absolute atomic E-state index is 14.6. The SMILES string of the molecule is CN(C)CC(=O)N1CCN(C(=O)c2ccc(NC(=O)c3ncc(-c4ccc(OCF)cc4F)n3C)cc2Cl)CC1. The molecular formula is C27H29ClF2N6O4. The molecule has 212 valence electrons. The number of anilines is 1. The van der Waals surface area contributed by atoms with E-state index in [0.29, 0.717) is 44.1 Å². The highest BCUT2D eigenvalue weighted by Crippen LogP contribution is 2.28. The minimum absolute atomic E-state index is 0.0106. The minimum atomic E-state index is -1.08. The normalized spacial score (nSPS) is 13.5. The van der Waals surface area contributed by atoms with E-state index in [4.69, 9.17) is 11.6 Å². The average Bonchev–Trinajstić information content (AvgIpc) is 3.29. The molecule has 0 bridgehead atoms. The van der Waals surface area contributed by atoms with E-state index in [-0.39, 0.29) is 39.5 Å². The first-order valence-electron chi connectivity index (χ1n) is 12.4. The van der Waals surface area contributed by atoms with Crippen LogP contribution in [0.4, 0.5) is 14.5 Å². The van der Waals surface area contributed by atoms with Crippen LogP contribution < -0.4 is 10.1 Å². The summed E-state index contributed by atoms with van der Waals surface area (Å²) in [6, 6.07) is 8.44. The Morgan fingerprint density at radius 1 is 1.07 bits per heavy atom. The van der Waals surface area contributed by atoms with Gasteiger partial charge in [0.2, 0.25) is 12.8 Å². The highest BCUT2D eigenvalue weighted by molar-refractivity contribution is 6.34. The number of carbonyl (C=O) groups is 3. The van der Waals surface area contributed by atoms with Crippen LogP contribution in [0, 0.1) is 5.82 Å². The standard InChI is InChI=1S/C27H29ClF2N6O4/c1-33(2)15-24(37)35-8-10-36(11-9-35)27(39)19-6-4-17(12-21(19)28)32-26(38)25-31-14-23(34(25)3)20-7-5-18(40-16-29)13-22(20)30/h4-7,12-14H,8-11,15-16H2,1-3H3,(H,32,38). The van der Waals surface area contributed by atoms with Crippen molar-refractivity contribution in [1.82, 2.24) is 24.3 Å². The highest BCUT2D eigenvalue weighted by atomic mass is 35.5. The fraction of sp³-hybridized carbons (Fsp3) is 0.333. The van der Waals surface area contributed by atoms with Crippen molar-refractivity contribution >= 4 is 35.0 Å². The van der Waals surface area contributed by atoms with Gasteiger partial charge in [-0.15, -0.1) is 0 Å². The third-order valence-corrected chi connectivity index (χ3v) is 6.77. The minimum Gasteiger partial charge on any atom is -0.463 e. The third kappa shape index (κ3) is 6.40. The molecule has 0 aliphatic carbocycles. The lowest BCUT2D eigenvalue weighted by atomic mass is 10.1. The molecule has 0 atom stereocenters. The molecule has 0 radical (unpaired) electrons. The zero-order valence-corrected chi connectivity index (χ0v) is 23.0. The number of amides is 3.